The summed E-state index contributed by atoms with van der Waals surface area (Å²) in [4.78, 5) is 31.4. The van der Waals surface area contributed by atoms with Crippen LogP contribution in [0.3, 0.4) is 0 Å². The minimum Gasteiger partial charge on any atom is -0.444 e. The van der Waals surface area contributed by atoms with Crippen molar-refractivity contribution in [2.75, 3.05) is 51.3 Å². The molecule has 2 unspecified atom stereocenters. The first kappa shape index (κ1) is 38.2. The van der Waals surface area contributed by atoms with Crippen molar-refractivity contribution < 1.29 is 19.1 Å². The number of carbonyl (C=O) groups excluding carboxylic acids is 2. The Bertz CT molecular complexity index is 1850. The third-order valence-corrected chi connectivity index (χ3v) is 11.7. The number of nitrogens with zero attached hydrogens (tertiary/aromatic N) is 2. The maximum absolute atomic E-state index is 13.9. The molecule has 0 aliphatic carbocycles. The lowest BCUT2D eigenvalue weighted by atomic mass is 9.90. The predicted molar refractivity (Wildman–Crippen MR) is 216 cm³/mol. The van der Waals surface area contributed by atoms with Gasteiger partial charge in [-0.05, 0) is 145 Å². The fourth-order valence-electron chi connectivity index (χ4n) is 8.87. The van der Waals surface area contributed by atoms with Crippen LogP contribution in [0, 0.1) is 30.6 Å². The Kier molecular flexibility index (Phi) is 11.8. The molecule has 0 aromatic heterocycles. The summed E-state index contributed by atoms with van der Waals surface area (Å²) < 4.78 is 11.6. The Balaban J connectivity index is 0.982. The van der Waals surface area contributed by atoms with Gasteiger partial charge in [0.15, 0.2) is 0 Å². The molecule has 4 fully saturated rings. The maximum Gasteiger partial charge on any atom is 0.410 e. The zero-order chi connectivity index (χ0) is 37.8. The first-order valence-corrected chi connectivity index (χ1v) is 20.2. The first-order chi connectivity index (χ1) is 26.0. The summed E-state index contributed by atoms with van der Waals surface area (Å²) >= 11 is 0. The van der Waals surface area contributed by atoms with Crippen LogP contribution in [0.1, 0.15) is 99.3 Å². The molecular weight excluding hydrogens is 675 g/mol. The van der Waals surface area contributed by atoms with Crippen LogP contribution in [0.25, 0.3) is 10.8 Å². The van der Waals surface area contributed by atoms with E-state index in [4.69, 9.17) is 9.47 Å². The van der Waals surface area contributed by atoms with Crippen molar-refractivity contribution in [2.45, 2.75) is 103 Å². The minimum atomic E-state index is -0.549. The van der Waals surface area contributed by atoms with Gasteiger partial charge in [-0.1, -0.05) is 48.2 Å². The van der Waals surface area contributed by atoms with Crippen LogP contribution >= 0.6 is 0 Å². The molecule has 4 heterocycles. The van der Waals surface area contributed by atoms with Crippen LogP contribution in [0.5, 0.6) is 0 Å². The quantitative estimate of drug-likeness (QED) is 0.220. The van der Waals surface area contributed by atoms with Gasteiger partial charge in [-0.15, -0.1) is 0 Å². The van der Waals surface area contributed by atoms with Crippen LogP contribution < -0.4 is 16.0 Å². The van der Waals surface area contributed by atoms with Crippen molar-refractivity contribution in [1.29, 1.82) is 0 Å². The molecule has 9 heteroatoms. The van der Waals surface area contributed by atoms with Crippen LogP contribution in [-0.4, -0.2) is 91.5 Å². The number of fused-ring (bicyclic) bond motifs is 3. The van der Waals surface area contributed by atoms with Crippen LogP contribution in [0.15, 0.2) is 54.6 Å². The van der Waals surface area contributed by atoms with E-state index in [0.29, 0.717) is 24.7 Å². The largest absolute Gasteiger partial charge is 0.444 e. The normalized spacial score (nSPS) is 23.3. The number of likely N-dealkylation sites (tertiary alicyclic amines) is 1. The van der Waals surface area contributed by atoms with E-state index in [0.717, 1.165) is 90.9 Å². The molecule has 7 rings (SSSR count). The highest BCUT2D eigenvalue weighted by atomic mass is 16.6. The number of rotatable bonds is 7. The molecule has 0 saturated carbocycles. The number of piperidine rings is 3. The van der Waals surface area contributed by atoms with Crippen molar-refractivity contribution in [3.8, 4) is 11.8 Å². The molecule has 3 N–H and O–H groups in total. The number of benzene rings is 3. The lowest BCUT2D eigenvalue weighted by Gasteiger charge is -2.48. The predicted octanol–water partition coefficient (Wildman–Crippen LogP) is 7.28. The Morgan fingerprint density at radius 1 is 0.963 bits per heavy atom. The zero-order valence-corrected chi connectivity index (χ0v) is 32.9. The van der Waals surface area contributed by atoms with E-state index in [1.54, 1.807) is 0 Å². The number of hydrogen-bond acceptors (Lipinski definition) is 7. The smallest absolute Gasteiger partial charge is 0.410 e. The van der Waals surface area contributed by atoms with Gasteiger partial charge in [-0.3, -0.25) is 9.69 Å². The maximum atomic E-state index is 13.9. The molecule has 3 aromatic carbocycles. The molecule has 4 aliphatic heterocycles. The Labute approximate surface area is 321 Å². The van der Waals surface area contributed by atoms with Gasteiger partial charge in [0.25, 0.3) is 5.91 Å². The molecule has 3 atom stereocenters. The van der Waals surface area contributed by atoms with Crippen LogP contribution in [0.2, 0.25) is 0 Å². The first-order valence-electron chi connectivity index (χ1n) is 20.2. The highest BCUT2D eigenvalue weighted by Gasteiger charge is 2.43. The standard InChI is InChI=1S/C45H59N5O4/c1-30-10-14-35(48-36-24-37-28-53-29-38(25-36)50(37)44(52)54-45(3,4)5)26-42(30)43(51)47-31(2)39-15-13-34(40-8-6-7-9-41(39)40)12-11-32-18-22-49(23-19-32)27-33-16-20-46-21-17-33/h6-10,13-15,26,31-33,36-38,46,48H,16-25,27-29H2,1-5H3,(H,47,51)/t31-,36?,37?,38?/m1/s1. The summed E-state index contributed by atoms with van der Waals surface area (Å²) in [5.41, 5.74) is 4.04. The molecular formula is C45H59N5O4. The van der Waals surface area contributed by atoms with E-state index < -0.39 is 5.60 Å². The summed E-state index contributed by atoms with van der Waals surface area (Å²) in [7, 11) is 0. The number of carbonyl (C=O) groups is 2. The van der Waals surface area contributed by atoms with Gasteiger partial charge in [0, 0.05) is 35.3 Å². The second-order valence-corrected chi connectivity index (χ2v) is 17.1. The van der Waals surface area contributed by atoms with Crippen LogP contribution in [-0.2, 0) is 9.47 Å². The summed E-state index contributed by atoms with van der Waals surface area (Å²) in [5, 5.41) is 12.7. The molecule has 54 heavy (non-hydrogen) atoms. The third kappa shape index (κ3) is 9.22. The number of ether oxygens (including phenoxy) is 2. The number of nitrogens with one attached hydrogen (secondary N) is 3. The fraction of sp³-hybridized carbons (Fsp3) is 0.556. The molecule has 0 spiro atoms. The number of aryl methyl sites for hydroxylation is 1. The van der Waals surface area contributed by atoms with E-state index >= 15 is 0 Å². The molecule has 288 valence electrons. The zero-order valence-electron chi connectivity index (χ0n) is 32.9. The molecule has 4 aliphatic rings. The number of hydrogen-bond donors (Lipinski definition) is 3. The van der Waals surface area contributed by atoms with Crippen molar-refractivity contribution >= 4 is 28.5 Å². The summed E-state index contributed by atoms with van der Waals surface area (Å²) in [6.07, 6.45) is 6.08. The second kappa shape index (κ2) is 16.7. The van der Waals surface area contributed by atoms with Gasteiger partial charge < -0.3 is 30.3 Å². The lowest BCUT2D eigenvalue weighted by molar-refractivity contribution is -0.0803. The highest BCUT2D eigenvalue weighted by molar-refractivity contribution is 5.97. The molecule has 0 radical (unpaired) electrons. The van der Waals surface area contributed by atoms with E-state index in [9.17, 15) is 9.59 Å². The van der Waals surface area contributed by atoms with Gasteiger partial charge in [0.05, 0.1) is 31.3 Å². The molecule has 2 amide bonds. The molecule has 3 aromatic rings. The SMILES string of the molecule is Cc1ccc(NC2CC3COCC(C2)N3C(=O)OC(C)(C)C)cc1C(=O)N[C@H](C)c1ccc(C#CC2CCN(CC3CCNCC3)CC2)c2ccccc12. The van der Waals surface area contributed by atoms with E-state index in [1.807, 2.05) is 50.8 Å². The third-order valence-electron chi connectivity index (χ3n) is 11.7. The number of amides is 2. The number of anilines is 1. The second-order valence-electron chi connectivity index (χ2n) is 17.1. The summed E-state index contributed by atoms with van der Waals surface area (Å²) in [5.74, 6) is 8.35. The Hall–Kier alpha value is -4.10. The average Bonchev–Trinajstić information content (AvgIpc) is 3.14. The van der Waals surface area contributed by atoms with Crippen molar-refractivity contribution in [2.24, 2.45) is 11.8 Å². The molecule has 9 nitrogen and oxygen atoms in total. The Morgan fingerprint density at radius 2 is 1.67 bits per heavy atom. The van der Waals surface area contributed by atoms with Gasteiger partial charge in [0.1, 0.15) is 5.60 Å². The highest BCUT2D eigenvalue weighted by Crippen LogP contribution is 2.32. The van der Waals surface area contributed by atoms with Crippen molar-refractivity contribution in [1.82, 2.24) is 20.4 Å². The van der Waals surface area contributed by atoms with Crippen LogP contribution in [0.4, 0.5) is 10.5 Å². The van der Waals surface area contributed by atoms with E-state index in [-0.39, 0.29) is 36.2 Å². The van der Waals surface area contributed by atoms with Gasteiger partial charge in [-0.25, -0.2) is 4.79 Å². The molecule has 2 bridgehead atoms. The number of morpholine rings is 1. The Morgan fingerprint density at radius 3 is 2.37 bits per heavy atom. The van der Waals surface area contributed by atoms with Crippen molar-refractivity contribution in [3.05, 3.63) is 76.9 Å². The summed E-state index contributed by atoms with van der Waals surface area (Å²) in [6.45, 7) is 16.6. The fourth-order valence-corrected chi connectivity index (χ4v) is 8.87. The topological polar surface area (TPSA) is 95.2 Å². The van der Waals surface area contributed by atoms with Gasteiger partial charge >= 0.3 is 6.09 Å². The van der Waals surface area contributed by atoms with E-state index in [2.05, 4.69) is 76.0 Å². The average molecular weight is 734 g/mol. The summed E-state index contributed by atoms with van der Waals surface area (Å²) in [6, 6.07) is 18.5. The molecule has 4 saturated heterocycles. The van der Waals surface area contributed by atoms with E-state index in [1.165, 1.54) is 19.4 Å². The van der Waals surface area contributed by atoms with Crippen molar-refractivity contribution in [3.63, 3.8) is 0 Å². The lowest BCUT2D eigenvalue weighted by Crippen LogP contribution is -2.61. The monoisotopic (exact) mass is 733 g/mol. The minimum absolute atomic E-state index is 0.0571. The van der Waals surface area contributed by atoms with Gasteiger partial charge in [0.2, 0.25) is 0 Å². The van der Waals surface area contributed by atoms with Gasteiger partial charge in [-0.2, -0.15) is 0 Å².